The van der Waals surface area contributed by atoms with Crippen LogP contribution >= 0.6 is 23.6 Å². The van der Waals surface area contributed by atoms with Gasteiger partial charge in [-0.3, -0.25) is 4.99 Å². The van der Waals surface area contributed by atoms with Crippen LogP contribution < -0.4 is 0 Å². The molecule has 0 fully saturated rings. The molecule has 5 heteroatoms. The van der Waals surface area contributed by atoms with E-state index in [1.54, 1.807) is 6.21 Å². The maximum absolute atomic E-state index is 9.44. The molecule has 0 aliphatic rings. The number of benzene rings is 1. The van der Waals surface area contributed by atoms with E-state index in [0.29, 0.717) is 15.4 Å². The quantitative estimate of drug-likeness (QED) is 0.658. The van der Waals surface area contributed by atoms with E-state index in [2.05, 4.69) is 22.1 Å². The van der Waals surface area contributed by atoms with E-state index in [4.69, 9.17) is 12.2 Å². The zero-order chi connectivity index (χ0) is 12.1. The van der Waals surface area contributed by atoms with E-state index in [-0.39, 0.29) is 5.88 Å². The third-order valence-electron chi connectivity index (χ3n) is 2.24. The van der Waals surface area contributed by atoms with Gasteiger partial charge >= 0.3 is 0 Å². The zero-order valence-electron chi connectivity index (χ0n) is 9.09. The standard InChI is InChI=1S/C12H12N2OS2/c15-11-10(17-12(16)14-11)8-13-7-6-9-4-2-1-3-5-9/h1-5,8,15H,6-7H2,(H,14,16). The molecule has 2 N–H and O–H groups in total. The molecule has 17 heavy (non-hydrogen) atoms. The third-order valence-corrected chi connectivity index (χ3v) is 3.40. The van der Waals surface area contributed by atoms with Crippen molar-refractivity contribution in [2.75, 3.05) is 6.54 Å². The number of thiazole rings is 1. The Morgan fingerprint density at radius 2 is 2.12 bits per heavy atom. The molecular weight excluding hydrogens is 252 g/mol. The second-order valence-electron chi connectivity index (χ2n) is 3.50. The smallest absolute Gasteiger partial charge is 0.209 e. The minimum absolute atomic E-state index is 0.100. The van der Waals surface area contributed by atoms with Gasteiger partial charge in [-0.05, 0) is 24.2 Å². The first-order valence-corrected chi connectivity index (χ1v) is 6.44. The van der Waals surface area contributed by atoms with E-state index in [1.807, 2.05) is 18.2 Å². The summed E-state index contributed by atoms with van der Waals surface area (Å²) in [4.78, 5) is 7.62. The van der Waals surface area contributed by atoms with Crippen LogP contribution in [0.1, 0.15) is 10.4 Å². The monoisotopic (exact) mass is 264 g/mol. The molecule has 0 radical (unpaired) electrons. The summed E-state index contributed by atoms with van der Waals surface area (Å²) >= 11 is 6.24. The number of hydrogen-bond donors (Lipinski definition) is 2. The van der Waals surface area contributed by atoms with Crippen LogP contribution in [-0.2, 0) is 6.42 Å². The van der Waals surface area contributed by atoms with Gasteiger partial charge in [0.2, 0.25) is 5.88 Å². The van der Waals surface area contributed by atoms with Crippen LogP contribution in [0, 0.1) is 3.95 Å². The number of aromatic amines is 1. The summed E-state index contributed by atoms with van der Waals surface area (Å²) in [6, 6.07) is 10.2. The van der Waals surface area contributed by atoms with Crippen molar-refractivity contribution < 1.29 is 5.11 Å². The van der Waals surface area contributed by atoms with Gasteiger partial charge in [-0.15, -0.1) is 0 Å². The van der Waals surface area contributed by atoms with Crippen LogP contribution in [0.4, 0.5) is 0 Å². The summed E-state index contributed by atoms with van der Waals surface area (Å²) in [5.41, 5.74) is 1.26. The molecule has 0 atom stereocenters. The SMILES string of the molecule is Oc1[nH]c(=S)sc1C=NCCc1ccccc1. The van der Waals surface area contributed by atoms with Gasteiger partial charge in [0.05, 0.1) is 0 Å². The molecule has 88 valence electrons. The molecule has 1 aromatic heterocycles. The topological polar surface area (TPSA) is 48.4 Å². The van der Waals surface area contributed by atoms with E-state index in [9.17, 15) is 5.11 Å². The van der Waals surface area contributed by atoms with Crippen LogP contribution in [0.2, 0.25) is 0 Å². The number of aromatic hydroxyl groups is 1. The Morgan fingerprint density at radius 1 is 1.35 bits per heavy atom. The van der Waals surface area contributed by atoms with Crippen LogP contribution in [0.25, 0.3) is 0 Å². The van der Waals surface area contributed by atoms with Crippen molar-refractivity contribution in [3.05, 3.63) is 44.7 Å². The Bertz CT molecular complexity index is 557. The Morgan fingerprint density at radius 3 is 2.76 bits per heavy atom. The van der Waals surface area contributed by atoms with Gasteiger partial charge in [0.1, 0.15) is 4.88 Å². The highest BCUT2D eigenvalue weighted by Crippen LogP contribution is 2.18. The Labute approximate surface area is 108 Å². The van der Waals surface area contributed by atoms with Crippen molar-refractivity contribution in [1.82, 2.24) is 4.98 Å². The van der Waals surface area contributed by atoms with Gasteiger partial charge in [0.25, 0.3) is 0 Å². The largest absolute Gasteiger partial charge is 0.494 e. The van der Waals surface area contributed by atoms with E-state index in [0.717, 1.165) is 6.42 Å². The van der Waals surface area contributed by atoms with Gasteiger partial charge in [-0.2, -0.15) is 0 Å². The number of nitrogens with zero attached hydrogens (tertiary/aromatic N) is 1. The van der Waals surface area contributed by atoms with E-state index < -0.39 is 0 Å². The van der Waals surface area contributed by atoms with Crippen molar-refractivity contribution >= 4 is 29.8 Å². The molecule has 2 rings (SSSR count). The molecule has 0 saturated carbocycles. The normalized spacial score (nSPS) is 11.1. The highest BCUT2D eigenvalue weighted by molar-refractivity contribution is 7.73. The highest BCUT2D eigenvalue weighted by Gasteiger charge is 2.00. The maximum atomic E-state index is 9.44. The fourth-order valence-electron chi connectivity index (χ4n) is 1.41. The lowest BCUT2D eigenvalue weighted by Gasteiger charge is -1.96. The molecule has 1 aromatic carbocycles. The number of aliphatic imine (C=N–C) groups is 1. The summed E-state index contributed by atoms with van der Waals surface area (Å²) in [6.45, 7) is 0.702. The first-order valence-electron chi connectivity index (χ1n) is 5.21. The fourth-order valence-corrected chi connectivity index (χ4v) is 2.39. The molecule has 0 aliphatic heterocycles. The molecular formula is C12H12N2OS2. The summed E-state index contributed by atoms with van der Waals surface area (Å²) in [5.74, 6) is 0.100. The molecule has 0 spiro atoms. The summed E-state index contributed by atoms with van der Waals surface area (Å²) in [5, 5.41) is 9.44. The summed E-state index contributed by atoms with van der Waals surface area (Å²) in [6.07, 6.45) is 2.56. The van der Waals surface area contributed by atoms with E-state index in [1.165, 1.54) is 16.9 Å². The lowest BCUT2D eigenvalue weighted by atomic mass is 10.2. The molecule has 1 heterocycles. The zero-order valence-corrected chi connectivity index (χ0v) is 10.7. The second kappa shape index (κ2) is 5.75. The third kappa shape index (κ3) is 3.51. The van der Waals surface area contributed by atoms with Crippen LogP contribution in [0.15, 0.2) is 35.3 Å². The van der Waals surface area contributed by atoms with Crippen LogP contribution in [0.5, 0.6) is 5.88 Å². The number of hydrogen-bond acceptors (Lipinski definition) is 4. The average molecular weight is 264 g/mol. The van der Waals surface area contributed by atoms with Gasteiger partial charge in [-0.1, -0.05) is 41.7 Å². The van der Waals surface area contributed by atoms with Crippen LogP contribution in [0.3, 0.4) is 0 Å². The predicted molar refractivity (Wildman–Crippen MR) is 73.8 cm³/mol. The first kappa shape index (κ1) is 12.0. The fraction of sp³-hybridized carbons (Fsp3) is 0.167. The highest BCUT2D eigenvalue weighted by atomic mass is 32.1. The number of aromatic nitrogens is 1. The van der Waals surface area contributed by atoms with Crippen molar-refractivity contribution in [3.63, 3.8) is 0 Å². The Hall–Kier alpha value is -1.46. The van der Waals surface area contributed by atoms with Crippen molar-refractivity contribution in [3.8, 4) is 5.88 Å². The maximum Gasteiger partial charge on any atom is 0.209 e. The van der Waals surface area contributed by atoms with Gasteiger partial charge in [-0.25, -0.2) is 0 Å². The van der Waals surface area contributed by atoms with Crippen LogP contribution in [-0.4, -0.2) is 22.8 Å². The van der Waals surface area contributed by atoms with Gasteiger partial charge < -0.3 is 10.1 Å². The lowest BCUT2D eigenvalue weighted by Crippen LogP contribution is -1.89. The average Bonchev–Trinajstić information content (AvgIpc) is 2.65. The predicted octanol–water partition coefficient (Wildman–Crippen LogP) is 3.17. The van der Waals surface area contributed by atoms with Crippen molar-refractivity contribution in [1.29, 1.82) is 0 Å². The summed E-state index contributed by atoms with van der Waals surface area (Å²) < 4.78 is 0.562. The Kier molecular flexibility index (Phi) is 4.06. The first-order chi connectivity index (χ1) is 8.25. The number of H-pyrrole nitrogens is 1. The second-order valence-corrected chi connectivity index (χ2v) is 5.22. The van der Waals surface area contributed by atoms with Crippen molar-refractivity contribution in [2.45, 2.75) is 6.42 Å². The molecule has 3 nitrogen and oxygen atoms in total. The Balaban J connectivity index is 1.91. The van der Waals surface area contributed by atoms with Gasteiger partial charge in [0, 0.05) is 12.8 Å². The van der Waals surface area contributed by atoms with E-state index >= 15 is 0 Å². The van der Waals surface area contributed by atoms with Gasteiger partial charge in [0.15, 0.2) is 3.95 Å². The summed E-state index contributed by atoms with van der Waals surface area (Å²) in [7, 11) is 0. The van der Waals surface area contributed by atoms with Crippen molar-refractivity contribution in [2.24, 2.45) is 4.99 Å². The lowest BCUT2D eigenvalue weighted by molar-refractivity contribution is 0.456. The molecule has 0 unspecified atom stereocenters. The minimum atomic E-state index is 0.100. The minimum Gasteiger partial charge on any atom is -0.494 e. The number of rotatable bonds is 4. The molecule has 0 amide bonds. The molecule has 0 saturated heterocycles. The number of nitrogens with one attached hydrogen (secondary N) is 1. The molecule has 0 aliphatic carbocycles. The molecule has 0 bridgehead atoms. The molecule has 2 aromatic rings.